The van der Waals surface area contributed by atoms with E-state index in [0.29, 0.717) is 5.69 Å². The van der Waals surface area contributed by atoms with Gasteiger partial charge in [0.25, 0.3) is 5.91 Å². The summed E-state index contributed by atoms with van der Waals surface area (Å²) in [7, 11) is 0. The molecule has 0 saturated heterocycles. The maximum absolute atomic E-state index is 11.8. The number of pyridine rings is 1. The van der Waals surface area contributed by atoms with Gasteiger partial charge in [-0.05, 0) is 31.5 Å². The summed E-state index contributed by atoms with van der Waals surface area (Å²) in [5.41, 5.74) is 5.75. The first kappa shape index (κ1) is 13.0. The fourth-order valence-corrected chi connectivity index (χ4v) is 1.62. The third-order valence-corrected chi connectivity index (χ3v) is 2.66. The fourth-order valence-electron chi connectivity index (χ4n) is 1.62. The Bertz CT molecular complexity index is 606. The minimum absolute atomic E-state index is 0.312. The second-order valence-corrected chi connectivity index (χ2v) is 4.22. The third kappa shape index (κ3) is 3.48. The fraction of sp³-hybridized carbons (Fsp3) is 0.133. The molecule has 1 amide bonds. The molecule has 1 aromatic heterocycles. The van der Waals surface area contributed by atoms with Crippen LogP contribution in [-0.2, 0) is 0 Å². The van der Waals surface area contributed by atoms with Gasteiger partial charge in [-0.1, -0.05) is 35.9 Å². The van der Waals surface area contributed by atoms with Gasteiger partial charge >= 0.3 is 0 Å². The van der Waals surface area contributed by atoms with E-state index in [-0.39, 0.29) is 5.91 Å². The normalized spacial score (nSPS) is 11.2. The van der Waals surface area contributed by atoms with Gasteiger partial charge in [0.2, 0.25) is 0 Å². The highest BCUT2D eigenvalue weighted by Gasteiger charge is 2.05. The van der Waals surface area contributed by atoms with Crippen LogP contribution in [0, 0.1) is 6.92 Å². The summed E-state index contributed by atoms with van der Waals surface area (Å²) in [6.07, 6.45) is 1.58. The molecule has 1 N–H and O–H groups in total. The van der Waals surface area contributed by atoms with Crippen molar-refractivity contribution in [2.75, 3.05) is 0 Å². The van der Waals surface area contributed by atoms with Gasteiger partial charge in [0.05, 0.1) is 5.71 Å². The van der Waals surface area contributed by atoms with Crippen LogP contribution in [-0.4, -0.2) is 16.6 Å². The number of benzene rings is 1. The van der Waals surface area contributed by atoms with Crippen LogP contribution in [0.5, 0.6) is 0 Å². The largest absolute Gasteiger partial charge is 0.289 e. The molecule has 0 unspecified atom stereocenters. The molecule has 0 fully saturated rings. The Kier molecular flexibility index (Phi) is 4.03. The van der Waals surface area contributed by atoms with Crippen LogP contribution in [0.2, 0.25) is 0 Å². The molecule has 0 aliphatic carbocycles. The quantitative estimate of drug-likeness (QED) is 0.675. The lowest BCUT2D eigenvalue weighted by Crippen LogP contribution is -2.20. The summed E-state index contributed by atoms with van der Waals surface area (Å²) in [5.74, 6) is -0.312. The van der Waals surface area contributed by atoms with Gasteiger partial charge in [0, 0.05) is 6.20 Å². The number of nitrogens with zero attached hydrogens (tertiary/aromatic N) is 2. The molecule has 4 heteroatoms. The first-order valence-electron chi connectivity index (χ1n) is 5.99. The number of rotatable bonds is 3. The molecule has 4 nitrogen and oxygen atoms in total. The number of hydrogen-bond donors (Lipinski definition) is 1. The van der Waals surface area contributed by atoms with Gasteiger partial charge in [-0.3, -0.25) is 9.78 Å². The monoisotopic (exact) mass is 253 g/mol. The number of aryl methyl sites for hydroxylation is 1. The van der Waals surface area contributed by atoms with Crippen molar-refractivity contribution in [3.63, 3.8) is 0 Å². The average molecular weight is 253 g/mol. The van der Waals surface area contributed by atoms with Gasteiger partial charge in [0.1, 0.15) is 5.69 Å². The van der Waals surface area contributed by atoms with E-state index in [2.05, 4.69) is 15.5 Å². The van der Waals surface area contributed by atoms with Crippen LogP contribution >= 0.6 is 0 Å². The smallest absolute Gasteiger partial charge is 0.266 e. The molecular formula is C15H15N3O. The number of hydrazone groups is 1. The Labute approximate surface area is 112 Å². The highest BCUT2D eigenvalue weighted by atomic mass is 16.2. The summed E-state index contributed by atoms with van der Waals surface area (Å²) in [5, 5.41) is 4.09. The predicted molar refractivity (Wildman–Crippen MR) is 75.1 cm³/mol. The Morgan fingerprint density at radius 2 is 2.05 bits per heavy atom. The Balaban J connectivity index is 2.09. The Hall–Kier alpha value is -2.49. The van der Waals surface area contributed by atoms with Gasteiger partial charge in [-0.2, -0.15) is 5.10 Å². The molecule has 96 valence electrons. The van der Waals surface area contributed by atoms with Crippen molar-refractivity contribution in [1.29, 1.82) is 0 Å². The van der Waals surface area contributed by atoms with E-state index in [4.69, 9.17) is 0 Å². The summed E-state index contributed by atoms with van der Waals surface area (Å²) >= 11 is 0. The van der Waals surface area contributed by atoms with E-state index in [1.165, 1.54) is 0 Å². The molecule has 0 saturated carbocycles. The Morgan fingerprint density at radius 3 is 2.74 bits per heavy atom. The van der Waals surface area contributed by atoms with Gasteiger partial charge in [-0.25, -0.2) is 5.43 Å². The number of aromatic nitrogens is 1. The van der Waals surface area contributed by atoms with E-state index in [1.54, 1.807) is 24.4 Å². The van der Waals surface area contributed by atoms with E-state index in [0.717, 1.165) is 16.8 Å². The van der Waals surface area contributed by atoms with Crippen molar-refractivity contribution >= 4 is 11.6 Å². The van der Waals surface area contributed by atoms with Crippen LogP contribution in [0.4, 0.5) is 0 Å². The van der Waals surface area contributed by atoms with E-state index in [1.807, 2.05) is 38.1 Å². The molecule has 0 radical (unpaired) electrons. The van der Waals surface area contributed by atoms with E-state index < -0.39 is 0 Å². The zero-order chi connectivity index (χ0) is 13.7. The maximum atomic E-state index is 11.8. The van der Waals surface area contributed by atoms with Crippen LogP contribution in [0.3, 0.4) is 0 Å². The lowest BCUT2D eigenvalue weighted by atomic mass is 10.1. The molecule has 2 aromatic rings. The SMILES string of the molecule is CC(=NNC(=O)c1ccccn1)c1cccc(C)c1. The molecule has 0 aliphatic rings. The van der Waals surface area contributed by atoms with Crippen molar-refractivity contribution in [1.82, 2.24) is 10.4 Å². The second-order valence-electron chi connectivity index (χ2n) is 4.22. The van der Waals surface area contributed by atoms with E-state index >= 15 is 0 Å². The Morgan fingerprint density at radius 1 is 1.21 bits per heavy atom. The number of nitrogens with one attached hydrogen (secondary N) is 1. The average Bonchev–Trinajstić information content (AvgIpc) is 2.45. The first-order valence-corrected chi connectivity index (χ1v) is 5.99. The number of carbonyl (C=O) groups is 1. The van der Waals surface area contributed by atoms with Crippen molar-refractivity contribution in [2.45, 2.75) is 13.8 Å². The highest BCUT2D eigenvalue weighted by molar-refractivity contribution is 6.00. The minimum atomic E-state index is -0.312. The van der Waals surface area contributed by atoms with Gasteiger partial charge < -0.3 is 0 Å². The minimum Gasteiger partial charge on any atom is -0.266 e. The molecule has 19 heavy (non-hydrogen) atoms. The number of hydrogen-bond acceptors (Lipinski definition) is 3. The predicted octanol–water partition coefficient (Wildman–Crippen LogP) is 2.54. The van der Waals surface area contributed by atoms with Crippen LogP contribution in [0.1, 0.15) is 28.5 Å². The molecule has 1 aromatic carbocycles. The molecule has 2 rings (SSSR count). The van der Waals surface area contributed by atoms with Crippen molar-refractivity contribution in [3.05, 3.63) is 65.5 Å². The summed E-state index contributed by atoms with van der Waals surface area (Å²) in [4.78, 5) is 15.7. The highest BCUT2D eigenvalue weighted by Crippen LogP contribution is 2.05. The zero-order valence-corrected chi connectivity index (χ0v) is 10.9. The van der Waals surface area contributed by atoms with E-state index in [9.17, 15) is 4.79 Å². The first-order chi connectivity index (χ1) is 9.16. The van der Waals surface area contributed by atoms with Crippen LogP contribution in [0.25, 0.3) is 0 Å². The topological polar surface area (TPSA) is 54.4 Å². The number of carbonyl (C=O) groups excluding carboxylic acids is 1. The van der Waals surface area contributed by atoms with Crippen LogP contribution in [0.15, 0.2) is 53.8 Å². The number of amides is 1. The summed E-state index contributed by atoms with van der Waals surface area (Å²) < 4.78 is 0. The molecule has 0 atom stereocenters. The molecule has 0 aliphatic heterocycles. The van der Waals surface area contributed by atoms with Gasteiger partial charge in [0.15, 0.2) is 0 Å². The second kappa shape index (κ2) is 5.91. The standard InChI is InChI=1S/C15H15N3O/c1-11-6-5-7-13(10-11)12(2)17-18-15(19)14-8-3-4-9-16-14/h3-10H,1-2H3,(H,18,19). The molecular weight excluding hydrogens is 238 g/mol. The lowest BCUT2D eigenvalue weighted by molar-refractivity contribution is 0.0950. The summed E-state index contributed by atoms with van der Waals surface area (Å²) in [6.45, 7) is 3.87. The molecule has 1 heterocycles. The van der Waals surface area contributed by atoms with Crippen molar-refractivity contribution < 1.29 is 4.79 Å². The molecule has 0 bridgehead atoms. The zero-order valence-electron chi connectivity index (χ0n) is 10.9. The maximum Gasteiger partial charge on any atom is 0.289 e. The van der Waals surface area contributed by atoms with Crippen LogP contribution < -0.4 is 5.43 Å². The van der Waals surface area contributed by atoms with Crippen molar-refractivity contribution in [2.24, 2.45) is 5.10 Å². The van der Waals surface area contributed by atoms with Gasteiger partial charge in [-0.15, -0.1) is 0 Å². The molecule has 0 spiro atoms. The third-order valence-electron chi connectivity index (χ3n) is 2.66. The van der Waals surface area contributed by atoms with Crippen molar-refractivity contribution in [3.8, 4) is 0 Å². The lowest BCUT2D eigenvalue weighted by Gasteiger charge is -2.03. The summed E-state index contributed by atoms with van der Waals surface area (Å²) in [6, 6.07) is 13.1.